The van der Waals surface area contributed by atoms with Gasteiger partial charge in [0.25, 0.3) is 0 Å². The first-order valence-corrected chi connectivity index (χ1v) is 6.66. The van der Waals surface area contributed by atoms with E-state index in [1.807, 2.05) is 0 Å². The highest BCUT2D eigenvalue weighted by atomic mass is 19.1. The van der Waals surface area contributed by atoms with E-state index in [0.29, 0.717) is 0 Å². The third-order valence-corrected chi connectivity index (χ3v) is 3.00. The molecule has 4 heteroatoms. The minimum Gasteiger partial charge on any atom is -0.486 e. The van der Waals surface area contributed by atoms with Crippen LogP contribution in [0, 0.1) is 17.0 Å². The molecule has 0 heterocycles. The highest BCUT2D eigenvalue weighted by Crippen LogP contribution is 2.24. The van der Waals surface area contributed by atoms with Gasteiger partial charge in [0.05, 0.1) is 0 Å². The van der Waals surface area contributed by atoms with Crippen LogP contribution < -0.4 is 10.1 Å². The Morgan fingerprint density at radius 1 is 1.21 bits per heavy atom. The summed E-state index contributed by atoms with van der Waals surface area (Å²) in [5.74, 6) is -1.62. The molecule has 0 aromatic heterocycles. The Balaban J connectivity index is 2.71. The summed E-state index contributed by atoms with van der Waals surface area (Å²) in [7, 11) is 0. The molecule has 1 N–H and O–H groups in total. The highest BCUT2D eigenvalue weighted by Gasteiger charge is 2.25. The van der Waals surface area contributed by atoms with E-state index in [4.69, 9.17) is 4.74 Å². The lowest BCUT2D eigenvalue weighted by Gasteiger charge is -2.31. The molecule has 108 valence electrons. The van der Waals surface area contributed by atoms with Gasteiger partial charge in [-0.05, 0) is 30.5 Å². The second kappa shape index (κ2) is 6.85. The van der Waals surface area contributed by atoms with E-state index in [9.17, 15) is 8.78 Å². The molecule has 1 aromatic rings. The van der Waals surface area contributed by atoms with Crippen LogP contribution >= 0.6 is 0 Å². The predicted octanol–water partition coefficient (Wildman–Crippen LogP) is 3.76. The molecule has 0 amide bonds. The van der Waals surface area contributed by atoms with E-state index in [0.717, 1.165) is 13.0 Å². The van der Waals surface area contributed by atoms with E-state index in [1.165, 1.54) is 18.2 Å². The van der Waals surface area contributed by atoms with E-state index < -0.39 is 11.6 Å². The van der Waals surface area contributed by atoms with E-state index in [-0.39, 0.29) is 23.8 Å². The molecule has 0 spiro atoms. The quantitative estimate of drug-likeness (QED) is 0.850. The molecule has 0 aliphatic heterocycles. The molecule has 0 aliphatic rings. The molecule has 0 saturated heterocycles. The van der Waals surface area contributed by atoms with Crippen LogP contribution in [0.4, 0.5) is 8.78 Å². The first kappa shape index (κ1) is 15.9. The summed E-state index contributed by atoms with van der Waals surface area (Å²) >= 11 is 0. The van der Waals surface area contributed by atoms with E-state index in [1.54, 1.807) is 0 Å². The van der Waals surface area contributed by atoms with Gasteiger partial charge >= 0.3 is 0 Å². The third-order valence-electron chi connectivity index (χ3n) is 3.00. The van der Waals surface area contributed by atoms with E-state index in [2.05, 4.69) is 33.0 Å². The number of rotatable bonds is 6. The fourth-order valence-electron chi connectivity index (χ4n) is 1.72. The first-order valence-electron chi connectivity index (χ1n) is 6.66. The van der Waals surface area contributed by atoms with Gasteiger partial charge in [-0.2, -0.15) is 0 Å². The lowest BCUT2D eigenvalue weighted by Crippen LogP contribution is -2.45. The van der Waals surface area contributed by atoms with Gasteiger partial charge in [-0.15, -0.1) is 0 Å². The molecule has 0 saturated carbocycles. The van der Waals surface area contributed by atoms with Crippen LogP contribution in [-0.4, -0.2) is 19.2 Å². The standard InChI is InChI=1S/C15H23F2NO/c1-5-9-18-13(15(2,3)4)10-19-14-11(16)7-6-8-12(14)17/h6-8,13,18H,5,9-10H2,1-4H3. The monoisotopic (exact) mass is 271 g/mol. The molecule has 0 bridgehead atoms. The smallest absolute Gasteiger partial charge is 0.190 e. The Hall–Kier alpha value is -1.16. The number of benzene rings is 1. The summed E-state index contributed by atoms with van der Waals surface area (Å²) in [6.45, 7) is 9.38. The Labute approximate surface area is 114 Å². The molecule has 19 heavy (non-hydrogen) atoms. The van der Waals surface area contributed by atoms with Crippen molar-refractivity contribution in [3.05, 3.63) is 29.8 Å². The Bertz CT molecular complexity index is 381. The summed E-state index contributed by atoms with van der Waals surface area (Å²) in [6.07, 6.45) is 1.00. The normalized spacial score (nSPS) is 13.4. The van der Waals surface area contributed by atoms with Gasteiger partial charge < -0.3 is 10.1 Å². The maximum Gasteiger partial charge on any atom is 0.190 e. The summed E-state index contributed by atoms with van der Waals surface area (Å²) in [4.78, 5) is 0. The number of para-hydroxylation sites is 1. The van der Waals surface area contributed by atoms with Gasteiger partial charge in [0.2, 0.25) is 0 Å². The van der Waals surface area contributed by atoms with Crippen molar-refractivity contribution in [2.24, 2.45) is 5.41 Å². The van der Waals surface area contributed by atoms with Crippen molar-refractivity contribution in [2.45, 2.75) is 40.2 Å². The second-order valence-corrected chi connectivity index (χ2v) is 5.73. The summed E-state index contributed by atoms with van der Waals surface area (Å²) < 4.78 is 32.3. The van der Waals surface area contributed by atoms with Crippen LogP contribution in [0.2, 0.25) is 0 Å². The van der Waals surface area contributed by atoms with Crippen molar-refractivity contribution in [3.63, 3.8) is 0 Å². The third kappa shape index (κ3) is 4.78. The zero-order valence-corrected chi connectivity index (χ0v) is 12.1. The Morgan fingerprint density at radius 3 is 2.26 bits per heavy atom. The predicted molar refractivity (Wildman–Crippen MR) is 73.4 cm³/mol. The van der Waals surface area contributed by atoms with Crippen LogP contribution in [0.25, 0.3) is 0 Å². The molecule has 0 aliphatic carbocycles. The zero-order chi connectivity index (χ0) is 14.5. The van der Waals surface area contributed by atoms with Gasteiger partial charge in [-0.3, -0.25) is 0 Å². The van der Waals surface area contributed by atoms with Crippen molar-refractivity contribution in [1.29, 1.82) is 0 Å². The van der Waals surface area contributed by atoms with Crippen LogP contribution in [0.3, 0.4) is 0 Å². The number of halogens is 2. The number of ether oxygens (including phenoxy) is 1. The highest BCUT2D eigenvalue weighted by molar-refractivity contribution is 5.26. The maximum atomic E-state index is 13.5. The first-order chi connectivity index (χ1) is 8.86. The largest absolute Gasteiger partial charge is 0.486 e. The molecular weight excluding hydrogens is 248 g/mol. The van der Waals surface area contributed by atoms with Crippen LogP contribution in [0.15, 0.2) is 18.2 Å². The number of hydrogen-bond acceptors (Lipinski definition) is 2. The SMILES string of the molecule is CCCNC(COc1c(F)cccc1F)C(C)(C)C. The van der Waals surface area contributed by atoms with Gasteiger partial charge in [-0.25, -0.2) is 8.78 Å². The van der Waals surface area contributed by atoms with Crippen molar-refractivity contribution in [2.75, 3.05) is 13.2 Å². The maximum absolute atomic E-state index is 13.5. The molecule has 1 unspecified atom stereocenters. The molecule has 0 radical (unpaired) electrons. The summed E-state index contributed by atoms with van der Waals surface area (Å²) in [6, 6.07) is 3.76. The van der Waals surface area contributed by atoms with Gasteiger partial charge in [-0.1, -0.05) is 33.8 Å². The van der Waals surface area contributed by atoms with Gasteiger partial charge in [0.1, 0.15) is 6.61 Å². The second-order valence-electron chi connectivity index (χ2n) is 5.73. The van der Waals surface area contributed by atoms with Crippen molar-refractivity contribution in [1.82, 2.24) is 5.32 Å². The average Bonchev–Trinajstić information content (AvgIpc) is 2.30. The Kier molecular flexibility index (Phi) is 5.73. The van der Waals surface area contributed by atoms with Crippen molar-refractivity contribution >= 4 is 0 Å². The van der Waals surface area contributed by atoms with Crippen LogP contribution in [0.5, 0.6) is 5.75 Å². The minimum atomic E-state index is -0.664. The average molecular weight is 271 g/mol. The molecule has 1 aromatic carbocycles. The zero-order valence-electron chi connectivity index (χ0n) is 12.1. The topological polar surface area (TPSA) is 21.3 Å². The van der Waals surface area contributed by atoms with Crippen LogP contribution in [0.1, 0.15) is 34.1 Å². The van der Waals surface area contributed by atoms with Gasteiger partial charge in [0.15, 0.2) is 17.4 Å². The van der Waals surface area contributed by atoms with Crippen molar-refractivity contribution < 1.29 is 13.5 Å². The lowest BCUT2D eigenvalue weighted by atomic mass is 9.87. The summed E-state index contributed by atoms with van der Waals surface area (Å²) in [5, 5.41) is 3.35. The Morgan fingerprint density at radius 2 is 1.79 bits per heavy atom. The summed E-state index contributed by atoms with van der Waals surface area (Å²) in [5.41, 5.74) is -0.0447. The molecule has 1 atom stereocenters. The minimum absolute atomic E-state index is 0.0338. The fourth-order valence-corrected chi connectivity index (χ4v) is 1.72. The van der Waals surface area contributed by atoms with Crippen molar-refractivity contribution in [3.8, 4) is 5.75 Å². The van der Waals surface area contributed by atoms with Gasteiger partial charge in [0, 0.05) is 6.04 Å². The molecule has 1 rings (SSSR count). The fraction of sp³-hybridized carbons (Fsp3) is 0.600. The van der Waals surface area contributed by atoms with E-state index >= 15 is 0 Å². The van der Waals surface area contributed by atoms with Crippen LogP contribution in [-0.2, 0) is 0 Å². The number of nitrogens with one attached hydrogen (secondary N) is 1. The molecular formula is C15H23F2NO. The number of hydrogen-bond donors (Lipinski definition) is 1. The molecule has 0 fully saturated rings. The molecule has 2 nitrogen and oxygen atoms in total. The lowest BCUT2D eigenvalue weighted by molar-refractivity contribution is 0.165.